The number of carboxylic acids is 2. The Morgan fingerprint density at radius 3 is 1.70 bits per heavy atom. The Morgan fingerprint density at radius 1 is 0.598 bits per heavy atom. The maximum atomic E-state index is 14.6. The molecule has 0 saturated carbocycles. The van der Waals surface area contributed by atoms with Gasteiger partial charge in [-0.25, -0.2) is 4.79 Å². The first-order valence-corrected chi connectivity index (χ1v) is 28.1. The third-order valence-corrected chi connectivity index (χ3v) is 15.0. The lowest BCUT2D eigenvalue weighted by Gasteiger charge is -2.34. The van der Waals surface area contributed by atoms with E-state index in [0.717, 1.165) is 4.90 Å². The fourth-order valence-electron chi connectivity index (χ4n) is 10.7. The molecule has 27 heteroatoms. The highest BCUT2D eigenvalue weighted by molar-refractivity contribution is 5.99. The van der Waals surface area contributed by atoms with E-state index >= 15 is 0 Å². The zero-order valence-electron chi connectivity index (χ0n) is 47.4. The number of likely N-dealkylation sites (tertiary alicyclic amines) is 3. The molecule has 0 unspecified atom stereocenters. The van der Waals surface area contributed by atoms with Gasteiger partial charge in [0.15, 0.2) is 0 Å². The number of aromatic nitrogens is 1. The van der Waals surface area contributed by atoms with Crippen molar-refractivity contribution < 1.29 is 72.9 Å². The highest BCUT2D eigenvalue weighted by atomic mass is 16.4. The van der Waals surface area contributed by atoms with Crippen LogP contribution >= 0.6 is 0 Å². The lowest BCUT2D eigenvalue weighted by Crippen LogP contribution is -2.60. The summed E-state index contributed by atoms with van der Waals surface area (Å²) in [6.07, 6.45) is 0.577. The van der Waals surface area contributed by atoms with Crippen molar-refractivity contribution in [2.24, 2.45) is 23.3 Å². The van der Waals surface area contributed by atoms with Crippen LogP contribution in [0.1, 0.15) is 124 Å². The number of hydrogen-bond acceptors (Lipinski definition) is 14. The molecule has 27 nitrogen and oxygen atoms in total. The second-order valence-electron chi connectivity index (χ2n) is 22.5. The molecular formula is C55H82N12O15. The summed E-state index contributed by atoms with van der Waals surface area (Å²) in [7, 11) is 0. The van der Waals surface area contributed by atoms with Crippen LogP contribution in [0.2, 0.25) is 0 Å². The molecule has 1 aromatic carbocycles. The van der Waals surface area contributed by atoms with Crippen LogP contribution in [-0.2, 0) is 64.0 Å². The van der Waals surface area contributed by atoms with Crippen LogP contribution in [0, 0.1) is 11.8 Å². The molecule has 14 N–H and O–H groups in total. The van der Waals surface area contributed by atoms with E-state index in [2.05, 4.69) is 36.9 Å². The molecule has 0 spiro atoms. The number of benzene rings is 1. The first-order valence-electron chi connectivity index (χ1n) is 28.1. The Balaban J connectivity index is 1.33. The smallest absolute Gasteiger partial charge is 0.326 e. The van der Waals surface area contributed by atoms with Crippen molar-refractivity contribution in [1.82, 2.24) is 51.6 Å². The van der Waals surface area contributed by atoms with Gasteiger partial charge in [0, 0.05) is 56.0 Å². The molecule has 3 aliphatic rings. The number of hydrogen-bond donors (Lipinski definition) is 12. The van der Waals surface area contributed by atoms with Gasteiger partial charge in [-0.05, 0) is 102 Å². The number of aromatic amines is 1. The number of rotatable bonds is 29. The zero-order valence-corrected chi connectivity index (χ0v) is 47.4. The number of aliphatic carboxylic acids is 2. The maximum Gasteiger partial charge on any atom is 0.326 e. The molecule has 3 saturated heterocycles. The number of amides is 10. The highest BCUT2D eigenvalue weighted by Gasteiger charge is 2.45. The van der Waals surface area contributed by atoms with Crippen LogP contribution in [0.15, 0.2) is 30.5 Å². The normalized spacial score (nSPS) is 20.0. The van der Waals surface area contributed by atoms with Gasteiger partial charge in [-0.15, -0.1) is 0 Å². The van der Waals surface area contributed by atoms with Crippen LogP contribution in [-0.4, -0.2) is 192 Å². The number of H-pyrrole nitrogens is 1. The van der Waals surface area contributed by atoms with E-state index in [9.17, 15) is 72.9 Å². The van der Waals surface area contributed by atoms with Crippen molar-refractivity contribution in [3.8, 4) is 0 Å². The van der Waals surface area contributed by atoms with E-state index in [0.29, 0.717) is 35.7 Å². The first kappa shape index (κ1) is 65.1. The minimum atomic E-state index is -1.52. The topological polar surface area (TPSA) is 415 Å². The third kappa shape index (κ3) is 17.7. The van der Waals surface area contributed by atoms with Gasteiger partial charge in [0.25, 0.3) is 0 Å². The maximum absolute atomic E-state index is 14.6. The second-order valence-corrected chi connectivity index (χ2v) is 22.5. The van der Waals surface area contributed by atoms with Crippen molar-refractivity contribution in [3.05, 3.63) is 36.0 Å². The minimum absolute atomic E-state index is 0.0192. The zero-order chi connectivity index (χ0) is 60.7. The Hall–Kier alpha value is -7.68. The minimum Gasteiger partial charge on any atom is -0.481 e. The molecule has 10 amide bonds. The SMILES string of the molecule is CC(C)C[C@H](NC(=O)[C@H](CCC(=O)O)NC(=O)[C@@H]1CCCN1C(=O)[C@H](CCC(N)=O)NC(=O)[C@H](Cc1c[nH]c2ccccc12)NC(=O)[C@H](C)NC(=O)[C@@H]1CCCN1C(=O)[C@@H]1CCCN1C(=O)[C@H](CC(C)C)NC(=O)[C@@H](N)[C@@H](C)O)C(=O)O. The number of para-hydroxylation sites is 1. The molecule has 11 atom stereocenters. The van der Waals surface area contributed by atoms with Gasteiger partial charge < -0.3 is 78.4 Å². The van der Waals surface area contributed by atoms with E-state index in [-0.39, 0.29) is 76.4 Å². The summed E-state index contributed by atoms with van der Waals surface area (Å²) in [5.74, 6) is -10.4. The van der Waals surface area contributed by atoms with Crippen LogP contribution in [0.5, 0.6) is 0 Å². The molecule has 5 rings (SSSR count). The molecule has 1 aromatic heterocycles. The van der Waals surface area contributed by atoms with Crippen molar-refractivity contribution in [1.29, 1.82) is 0 Å². The lowest BCUT2D eigenvalue weighted by molar-refractivity contribution is -0.148. The van der Waals surface area contributed by atoms with Gasteiger partial charge in [-0.3, -0.25) is 52.7 Å². The van der Waals surface area contributed by atoms with E-state index in [1.807, 2.05) is 13.8 Å². The number of nitrogens with one attached hydrogen (secondary N) is 7. The van der Waals surface area contributed by atoms with Crippen molar-refractivity contribution in [2.75, 3.05) is 19.6 Å². The Labute approximate surface area is 475 Å². The standard InChI is InChI=1S/C55H82N12O15/c1-28(2)24-38(63-51(77)45(57)31(6)68)53(79)67-23-11-16-42(67)54(80)66-22-10-14-40(66)49(75)59-30(5)46(72)62-37(26-32-27-58-34-13-8-7-12-33(32)34)48(74)61-36(17-19-43(56)69)52(78)65-21-9-15-41(65)50(76)60-35(18-20-44(70)71)47(73)64-39(55(81)82)25-29(3)4/h7-8,12-13,27-31,35-42,45,58,68H,9-11,14-26,57H2,1-6H3,(H2,56,69)(H,59,75)(H,60,76)(H,61,74)(H,62,72)(H,63,77)(H,64,73)(H,70,71)(H,81,82)/t30-,31+,35-,36-,37-,38-,39-,40-,41-,42-,45-/m0/s1. The average molecular weight is 1150 g/mol. The van der Waals surface area contributed by atoms with Gasteiger partial charge in [0.2, 0.25) is 59.1 Å². The molecule has 0 bridgehead atoms. The fourth-order valence-corrected chi connectivity index (χ4v) is 10.7. The van der Waals surface area contributed by atoms with Gasteiger partial charge in [0.05, 0.1) is 6.10 Å². The van der Waals surface area contributed by atoms with Gasteiger partial charge in [0.1, 0.15) is 60.4 Å². The first-order chi connectivity index (χ1) is 38.7. The van der Waals surface area contributed by atoms with Gasteiger partial charge in [-0.1, -0.05) is 45.9 Å². The quantitative estimate of drug-likeness (QED) is 0.0447. The summed E-state index contributed by atoms with van der Waals surface area (Å²) >= 11 is 0. The number of fused-ring (bicyclic) bond motifs is 1. The molecule has 0 radical (unpaired) electrons. The number of carbonyl (C=O) groups is 12. The predicted molar refractivity (Wildman–Crippen MR) is 295 cm³/mol. The molecule has 82 heavy (non-hydrogen) atoms. The Morgan fingerprint density at radius 2 is 1.10 bits per heavy atom. The molecule has 3 aliphatic heterocycles. The van der Waals surface area contributed by atoms with E-state index in [4.69, 9.17) is 11.5 Å². The molecule has 3 fully saturated rings. The largest absolute Gasteiger partial charge is 0.481 e. The summed E-state index contributed by atoms with van der Waals surface area (Å²) in [5.41, 5.74) is 12.7. The number of carboxylic acid groups (broad SMARTS) is 2. The summed E-state index contributed by atoms with van der Waals surface area (Å²) in [4.78, 5) is 169. The van der Waals surface area contributed by atoms with Gasteiger partial charge >= 0.3 is 11.9 Å². The number of aliphatic hydroxyl groups is 1. The molecular weight excluding hydrogens is 1070 g/mol. The molecule has 0 aliphatic carbocycles. The van der Waals surface area contributed by atoms with Crippen LogP contribution in [0.3, 0.4) is 0 Å². The predicted octanol–water partition coefficient (Wildman–Crippen LogP) is -1.37. The van der Waals surface area contributed by atoms with Crippen LogP contribution in [0.4, 0.5) is 0 Å². The summed E-state index contributed by atoms with van der Waals surface area (Å²) < 4.78 is 0. The van der Waals surface area contributed by atoms with Crippen LogP contribution in [0.25, 0.3) is 10.9 Å². The number of nitrogens with zero attached hydrogens (tertiary/aromatic N) is 3. The van der Waals surface area contributed by atoms with E-state index in [1.54, 1.807) is 44.3 Å². The van der Waals surface area contributed by atoms with Crippen LogP contribution < -0.4 is 43.4 Å². The second kappa shape index (κ2) is 29.9. The van der Waals surface area contributed by atoms with Gasteiger partial charge in [-0.2, -0.15) is 0 Å². The average Bonchev–Trinajstić information content (AvgIpc) is 4.43. The monoisotopic (exact) mass is 1150 g/mol. The molecule has 4 heterocycles. The third-order valence-electron chi connectivity index (χ3n) is 15.0. The van der Waals surface area contributed by atoms with Crippen molar-refractivity contribution >= 4 is 81.9 Å². The van der Waals surface area contributed by atoms with E-state index in [1.165, 1.54) is 23.6 Å². The summed E-state index contributed by atoms with van der Waals surface area (Å²) in [6.45, 7) is 10.3. The van der Waals surface area contributed by atoms with E-state index < -0.39 is 157 Å². The number of primary amides is 1. The fraction of sp³-hybridized carbons (Fsp3) is 0.636. The Kier molecular flexibility index (Phi) is 23.7. The van der Waals surface area contributed by atoms with Crippen molar-refractivity contribution in [3.63, 3.8) is 0 Å². The summed E-state index contributed by atoms with van der Waals surface area (Å²) in [6, 6.07) is -5.58. The van der Waals surface area contributed by atoms with Crippen molar-refractivity contribution in [2.45, 2.75) is 192 Å². The highest BCUT2D eigenvalue weighted by Crippen LogP contribution is 2.27. The number of nitrogens with two attached hydrogens (primary N) is 2. The number of carbonyl (C=O) groups excluding carboxylic acids is 10. The molecule has 2 aromatic rings. The number of aliphatic hydroxyl groups excluding tert-OH is 1. The lowest BCUT2D eigenvalue weighted by atomic mass is 10.0. The summed E-state index contributed by atoms with van der Waals surface area (Å²) in [5, 5.41) is 45.3. The Bertz CT molecular complexity index is 2680. The molecule has 452 valence electrons.